The van der Waals surface area contributed by atoms with Gasteiger partial charge in [-0.1, -0.05) is 12.1 Å². The average Bonchev–Trinajstić information content (AvgIpc) is 2.45. The molecule has 0 spiro atoms. The molecular formula is C13H12N2O3. The Labute approximate surface area is 104 Å². The van der Waals surface area contributed by atoms with Gasteiger partial charge >= 0.3 is 0 Å². The van der Waals surface area contributed by atoms with Crippen LogP contribution in [0.5, 0.6) is 5.75 Å². The summed E-state index contributed by atoms with van der Waals surface area (Å²) in [4.78, 5) is 8.16. The van der Waals surface area contributed by atoms with Crippen molar-refractivity contribution in [3.63, 3.8) is 0 Å². The second-order valence-electron chi connectivity index (χ2n) is 4.03. The molecule has 5 nitrogen and oxygen atoms in total. The molecule has 0 saturated heterocycles. The van der Waals surface area contributed by atoms with Gasteiger partial charge in [0.1, 0.15) is 18.6 Å². The third-order valence-electron chi connectivity index (χ3n) is 2.95. The molecule has 1 unspecified atom stereocenters. The molecule has 0 fully saturated rings. The third-order valence-corrected chi connectivity index (χ3v) is 2.95. The van der Waals surface area contributed by atoms with Crippen LogP contribution in [-0.4, -0.2) is 22.2 Å². The van der Waals surface area contributed by atoms with Gasteiger partial charge in [-0.3, -0.25) is 0 Å². The Bertz CT molecular complexity index is 586. The van der Waals surface area contributed by atoms with Gasteiger partial charge in [0.25, 0.3) is 0 Å². The lowest BCUT2D eigenvalue weighted by atomic mass is 9.99. The molecule has 1 aliphatic heterocycles. The molecule has 0 bridgehead atoms. The number of aromatic nitrogens is 2. The number of hydrogen-bond donors (Lipinski definition) is 1. The Balaban J connectivity index is 2.08. The van der Waals surface area contributed by atoms with Crippen LogP contribution < -0.4 is 4.74 Å². The van der Waals surface area contributed by atoms with Crippen molar-refractivity contribution in [1.29, 1.82) is 0 Å². The maximum Gasteiger partial charge on any atom is 0.180 e. The van der Waals surface area contributed by atoms with Crippen LogP contribution in [0.15, 0.2) is 30.7 Å². The molecule has 2 aromatic rings. The molecule has 0 aliphatic carbocycles. The first-order valence-electron chi connectivity index (χ1n) is 5.56. The number of methoxy groups -OCH3 is 1. The number of hydrogen-bond acceptors (Lipinski definition) is 5. The van der Waals surface area contributed by atoms with Crippen LogP contribution in [0.2, 0.25) is 0 Å². The monoisotopic (exact) mass is 244 g/mol. The van der Waals surface area contributed by atoms with Crippen molar-refractivity contribution in [1.82, 2.24) is 9.97 Å². The molecule has 1 aromatic carbocycles. The van der Waals surface area contributed by atoms with Gasteiger partial charge in [-0.15, -0.1) is 0 Å². The topological polar surface area (TPSA) is 64.5 Å². The Morgan fingerprint density at radius 2 is 2.33 bits per heavy atom. The van der Waals surface area contributed by atoms with Crippen molar-refractivity contribution >= 4 is 0 Å². The summed E-state index contributed by atoms with van der Waals surface area (Å²) in [6, 6.07) is 5.61. The SMILES string of the molecule is COC(O)c1ccc2c(c1)COc1cncnc1-2. The molecule has 0 saturated carbocycles. The zero-order valence-electron chi connectivity index (χ0n) is 9.83. The van der Waals surface area contributed by atoms with E-state index < -0.39 is 6.29 Å². The highest BCUT2D eigenvalue weighted by Gasteiger charge is 2.19. The highest BCUT2D eigenvalue weighted by atomic mass is 16.6. The predicted molar refractivity (Wildman–Crippen MR) is 63.8 cm³/mol. The van der Waals surface area contributed by atoms with Gasteiger partial charge < -0.3 is 14.6 Å². The van der Waals surface area contributed by atoms with E-state index >= 15 is 0 Å². The first-order chi connectivity index (χ1) is 8.79. The average molecular weight is 244 g/mol. The number of aliphatic hydroxyl groups is 1. The quantitative estimate of drug-likeness (QED) is 0.814. The Hall–Kier alpha value is -1.98. The van der Waals surface area contributed by atoms with E-state index in [2.05, 4.69) is 9.97 Å². The van der Waals surface area contributed by atoms with Gasteiger partial charge in [0.2, 0.25) is 0 Å². The normalized spacial score (nSPS) is 14.3. The van der Waals surface area contributed by atoms with Crippen LogP contribution >= 0.6 is 0 Å². The van der Waals surface area contributed by atoms with Crippen molar-refractivity contribution in [3.8, 4) is 17.0 Å². The smallest absolute Gasteiger partial charge is 0.180 e. The van der Waals surface area contributed by atoms with Crippen LogP contribution in [0.25, 0.3) is 11.3 Å². The maximum absolute atomic E-state index is 9.64. The standard InChI is InChI=1S/C13H12N2O3/c1-17-13(16)8-2-3-10-9(4-8)6-18-11-5-14-7-15-12(10)11/h2-5,7,13,16H,6H2,1H3. The van der Waals surface area contributed by atoms with Crippen molar-refractivity contribution in [2.75, 3.05) is 7.11 Å². The highest BCUT2D eigenvalue weighted by molar-refractivity contribution is 5.71. The highest BCUT2D eigenvalue weighted by Crippen LogP contribution is 2.35. The molecule has 5 heteroatoms. The van der Waals surface area contributed by atoms with Crippen LogP contribution in [0, 0.1) is 0 Å². The fourth-order valence-corrected chi connectivity index (χ4v) is 2.03. The summed E-state index contributed by atoms with van der Waals surface area (Å²) in [6.45, 7) is 0.444. The maximum atomic E-state index is 9.64. The van der Waals surface area contributed by atoms with Crippen LogP contribution in [0.3, 0.4) is 0 Å². The number of ether oxygens (including phenoxy) is 2. The summed E-state index contributed by atoms with van der Waals surface area (Å²) in [5.74, 6) is 0.685. The van der Waals surface area contributed by atoms with Crippen LogP contribution in [0.4, 0.5) is 0 Å². The molecular weight excluding hydrogens is 232 g/mol. The van der Waals surface area contributed by atoms with E-state index in [4.69, 9.17) is 9.47 Å². The number of benzene rings is 1. The van der Waals surface area contributed by atoms with Gasteiger partial charge in [-0.2, -0.15) is 0 Å². The van der Waals surface area contributed by atoms with Crippen LogP contribution in [-0.2, 0) is 11.3 Å². The lowest BCUT2D eigenvalue weighted by Gasteiger charge is -2.20. The first kappa shape index (κ1) is 11.1. The van der Waals surface area contributed by atoms with Crippen molar-refractivity contribution in [3.05, 3.63) is 41.9 Å². The van der Waals surface area contributed by atoms with Crippen molar-refractivity contribution < 1.29 is 14.6 Å². The lowest BCUT2D eigenvalue weighted by Crippen LogP contribution is -2.09. The van der Waals surface area contributed by atoms with Crippen molar-refractivity contribution in [2.45, 2.75) is 12.9 Å². The van der Waals surface area contributed by atoms with E-state index in [0.717, 1.165) is 16.8 Å². The second kappa shape index (κ2) is 4.36. The fourth-order valence-electron chi connectivity index (χ4n) is 2.03. The summed E-state index contributed by atoms with van der Waals surface area (Å²) in [6.07, 6.45) is 2.24. The van der Waals surface area contributed by atoms with E-state index in [0.29, 0.717) is 17.9 Å². The number of aliphatic hydroxyl groups excluding tert-OH is 1. The first-order valence-corrected chi connectivity index (χ1v) is 5.56. The minimum atomic E-state index is -0.915. The number of nitrogens with zero attached hydrogens (tertiary/aromatic N) is 2. The predicted octanol–water partition coefficient (Wildman–Crippen LogP) is 1.67. The largest absolute Gasteiger partial charge is 0.485 e. The van der Waals surface area contributed by atoms with E-state index in [1.165, 1.54) is 13.4 Å². The van der Waals surface area contributed by atoms with Gasteiger partial charge in [0, 0.05) is 18.2 Å². The molecule has 3 rings (SSSR count). The lowest BCUT2D eigenvalue weighted by molar-refractivity contribution is -0.0770. The van der Waals surface area contributed by atoms with Gasteiger partial charge in [-0.05, 0) is 11.6 Å². The molecule has 0 amide bonds. The summed E-state index contributed by atoms with van der Waals surface area (Å²) in [7, 11) is 1.46. The molecule has 0 radical (unpaired) electrons. The summed E-state index contributed by atoms with van der Waals surface area (Å²) in [5, 5.41) is 9.64. The number of fused-ring (bicyclic) bond motifs is 3. The molecule has 1 aromatic heterocycles. The Morgan fingerprint density at radius 3 is 3.17 bits per heavy atom. The zero-order valence-corrected chi connectivity index (χ0v) is 9.83. The van der Waals surface area contributed by atoms with E-state index in [1.807, 2.05) is 18.2 Å². The van der Waals surface area contributed by atoms with Gasteiger partial charge in [0.15, 0.2) is 12.0 Å². The Morgan fingerprint density at radius 1 is 1.44 bits per heavy atom. The molecule has 1 atom stereocenters. The van der Waals surface area contributed by atoms with Gasteiger partial charge in [-0.25, -0.2) is 9.97 Å². The Kier molecular flexibility index (Phi) is 2.70. The van der Waals surface area contributed by atoms with Gasteiger partial charge in [0.05, 0.1) is 6.20 Å². The molecule has 1 N–H and O–H groups in total. The van der Waals surface area contributed by atoms with E-state index in [9.17, 15) is 5.11 Å². The third kappa shape index (κ3) is 1.73. The van der Waals surface area contributed by atoms with E-state index in [-0.39, 0.29) is 0 Å². The minimum Gasteiger partial charge on any atom is -0.485 e. The molecule has 2 heterocycles. The molecule has 18 heavy (non-hydrogen) atoms. The number of rotatable bonds is 2. The fraction of sp³-hybridized carbons (Fsp3) is 0.231. The zero-order chi connectivity index (χ0) is 12.5. The summed E-state index contributed by atoms with van der Waals surface area (Å²) >= 11 is 0. The molecule has 92 valence electrons. The van der Waals surface area contributed by atoms with E-state index in [1.54, 1.807) is 6.20 Å². The van der Waals surface area contributed by atoms with Crippen LogP contribution in [0.1, 0.15) is 17.4 Å². The summed E-state index contributed by atoms with van der Waals surface area (Å²) in [5.41, 5.74) is 3.47. The van der Waals surface area contributed by atoms with Crippen molar-refractivity contribution in [2.24, 2.45) is 0 Å². The summed E-state index contributed by atoms with van der Waals surface area (Å²) < 4.78 is 10.5. The molecule has 1 aliphatic rings. The second-order valence-corrected chi connectivity index (χ2v) is 4.03. The minimum absolute atomic E-state index is 0.444.